The molecule has 1 heterocycles. The smallest absolute Gasteiger partial charge is 0.407 e. The van der Waals surface area contributed by atoms with E-state index in [-0.39, 0.29) is 19.0 Å². The number of halogens is 1. The van der Waals surface area contributed by atoms with Crippen LogP contribution in [0.5, 0.6) is 5.75 Å². The van der Waals surface area contributed by atoms with Crippen LogP contribution in [-0.4, -0.2) is 50.6 Å². The highest BCUT2D eigenvalue weighted by atomic mass is 35.5. The minimum absolute atomic E-state index is 0.180. The molecule has 0 aliphatic rings. The zero-order chi connectivity index (χ0) is 22.5. The van der Waals surface area contributed by atoms with Gasteiger partial charge in [0.25, 0.3) is 0 Å². The van der Waals surface area contributed by atoms with E-state index >= 15 is 0 Å². The van der Waals surface area contributed by atoms with Gasteiger partial charge in [-0.1, -0.05) is 17.7 Å². The third kappa shape index (κ3) is 8.77. The van der Waals surface area contributed by atoms with Gasteiger partial charge in [-0.25, -0.2) is 14.4 Å². The fourth-order valence-corrected chi connectivity index (χ4v) is 2.41. The number of aromatic nitrogens is 1. The number of hydrogen-bond acceptors (Lipinski definition) is 6. The van der Waals surface area contributed by atoms with Crippen molar-refractivity contribution in [2.75, 3.05) is 44.1 Å². The number of urea groups is 1. The fraction of sp³-hybridized carbons (Fsp3) is 0.300. The molecule has 1 aromatic heterocycles. The van der Waals surface area contributed by atoms with Crippen molar-refractivity contribution in [1.82, 2.24) is 10.3 Å². The monoisotopic (exact) mass is 447 g/mol. The number of anilines is 2. The molecule has 164 valence electrons. The highest BCUT2D eigenvalue weighted by molar-refractivity contribution is 6.31. The Morgan fingerprint density at radius 1 is 1.16 bits per heavy atom. The molecule has 0 saturated heterocycles. The number of amides is 3. The molecule has 0 radical (unpaired) electrons. The second kappa shape index (κ2) is 12.9. The molecule has 0 atom stereocenters. The van der Waals surface area contributed by atoms with E-state index in [2.05, 4.69) is 25.8 Å². The third-order valence-electron chi connectivity index (χ3n) is 3.68. The van der Waals surface area contributed by atoms with E-state index in [9.17, 15) is 9.59 Å². The first-order valence-corrected chi connectivity index (χ1v) is 9.63. The van der Waals surface area contributed by atoms with Crippen LogP contribution in [0.1, 0.15) is 6.42 Å². The molecule has 1 aromatic carbocycles. The average Bonchev–Trinajstić information content (AvgIpc) is 2.75. The van der Waals surface area contributed by atoms with E-state index in [0.717, 1.165) is 0 Å². The van der Waals surface area contributed by atoms with Crippen LogP contribution in [0.2, 0.25) is 5.02 Å². The highest BCUT2D eigenvalue weighted by Crippen LogP contribution is 2.28. The van der Waals surface area contributed by atoms with Gasteiger partial charge in [-0.15, -0.1) is 0 Å². The number of pyridine rings is 1. The lowest BCUT2D eigenvalue weighted by atomic mass is 10.3. The Morgan fingerprint density at radius 3 is 2.71 bits per heavy atom. The quantitative estimate of drug-likeness (QED) is 0.373. The molecule has 2 rings (SSSR count). The molecule has 0 spiro atoms. The first-order chi connectivity index (χ1) is 15.0. The summed E-state index contributed by atoms with van der Waals surface area (Å²) in [6, 6.07) is 7.34. The molecular formula is C20H22ClN5O5. The van der Waals surface area contributed by atoms with Gasteiger partial charge in [0.05, 0.1) is 25.5 Å². The van der Waals surface area contributed by atoms with Crippen LogP contribution in [0.4, 0.5) is 26.8 Å². The molecular weight excluding hydrogens is 426 g/mol. The minimum atomic E-state index is -0.546. The normalized spacial score (nSPS) is 9.97. The van der Waals surface area contributed by atoms with Crippen LogP contribution < -0.4 is 20.7 Å². The number of carbonyl (C=O) groups is 2. The van der Waals surface area contributed by atoms with Gasteiger partial charge in [0.15, 0.2) is 0 Å². The summed E-state index contributed by atoms with van der Waals surface area (Å²) in [4.78, 5) is 30.9. The minimum Gasteiger partial charge on any atom is -0.491 e. The van der Waals surface area contributed by atoms with Crippen molar-refractivity contribution < 1.29 is 23.8 Å². The molecule has 10 nitrogen and oxygen atoms in total. The van der Waals surface area contributed by atoms with Gasteiger partial charge in [0, 0.05) is 24.9 Å². The molecule has 0 unspecified atom stereocenters. The molecule has 11 heteroatoms. The van der Waals surface area contributed by atoms with Crippen molar-refractivity contribution in [3.63, 3.8) is 0 Å². The van der Waals surface area contributed by atoms with E-state index in [1.54, 1.807) is 24.3 Å². The molecule has 31 heavy (non-hydrogen) atoms. The van der Waals surface area contributed by atoms with Crippen LogP contribution >= 0.6 is 11.6 Å². The Labute approximate surface area is 184 Å². The van der Waals surface area contributed by atoms with Crippen LogP contribution in [0.3, 0.4) is 0 Å². The van der Waals surface area contributed by atoms with Crippen LogP contribution in [-0.2, 0) is 9.47 Å². The Morgan fingerprint density at radius 2 is 2.00 bits per heavy atom. The number of hydrogen-bond donors (Lipinski definition) is 3. The Bertz CT molecular complexity index is 917. The second-order valence-corrected chi connectivity index (χ2v) is 6.43. The zero-order valence-corrected chi connectivity index (χ0v) is 17.6. The van der Waals surface area contributed by atoms with Crippen molar-refractivity contribution in [2.45, 2.75) is 6.42 Å². The van der Waals surface area contributed by atoms with Crippen molar-refractivity contribution in [3.05, 3.63) is 53.0 Å². The Kier molecular flexibility index (Phi) is 9.87. The van der Waals surface area contributed by atoms with Crippen molar-refractivity contribution >= 4 is 40.9 Å². The summed E-state index contributed by atoms with van der Waals surface area (Å²) in [7, 11) is 1.52. The molecule has 0 aliphatic carbocycles. The maximum Gasteiger partial charge on any atom is 0.407 e. The van der Waals surface area contributed by atoms with Crippen molar-refractivity contribution in [1.29, 1.82) is 0 Å². The van der Waals surface area contributed by atoms with E-state index < -0.39 is 12.1 Å². The van der Waals surface area contributed by atoms with Crippen LogP contribution in [0.15, 0.2) is 36.5 Å². The summed E-state index contributed by atoms with van der Waals surface area (Å²) in [6.07, 6.45) is 1.35. The van der Waals surface area contributed by atoms with Crippen LogP contribution in [0.25, 0.3) is 4.85 Å². The summed E-state index contributed by atoms with van der Waals surface area (Å²) in [5.74, 6) is 0.705. The zero-order valence-electron chi connectivity index (χ0n) is 16.8. The lowest BCUT2D eigenvalue weighted by Gasteiger charge is -2.14. The number of nitrogens with one attached hydrogen (secondary N) is 3. The first-order valence-electron chi connectivity index (χ1n) is 9.25. The number of benzene rings is 1. The van der Waals surface area contributed by atoms with Crippen molar-refractivity contribution in [2.24, 2.45) is 0 Å². The van der Waals surface area contributed by atoms with Gasteiger partial charge < -0.3 is 24.8 Å². The molecule has 3 amide bonds. The lowest BCUT2D eigenvalue weighted by Crippen LogP contribution is -2.27. The van der Waals surface area contributed by atoms with Gasteiger partial charge in [-0.2, -0.15) is 0 Å². The third-order valence-corrected chi connectivity index (χ3v) is 3.91. The number of carbonyl (C=O) groups excluding carboxylic acids is 2. The number of nitrogens with zero attached hydrogens (tertiary/aromatic N) is 2. The molecule has 0 fully saturated rings. The van der Waals surface area contributed by atoms with Gasteiger partial charge in [-0.05, 0) is 30.7 Å². The standard InChI is InChI=1S/C20H22ClN5O5/c1-22-15-5-7-18(24-13-15)26-19(27)25-16-12-14(21)4-6-17(16)30-9-3-8-23-20(28)31-11-10-29-2/h4-7,12-13H,3,8-11H2,2H3,(H,23,28)(H2,24,25,26,27). The van der Waals surface area contributed by atoms with E-state index in [1.807, 2.05) is 0 Å². The summed E-state index contributed by atoms with van der Waals surface area (Å²) in [5.41, 5.74) is 0.740. The largest absolute Gasteiger partial charge is 0.491 e. The predicted molar refractivity (Wildman–Crippen MR) is 116 cm³/mol. The molecule has 0 aliphatic heterocycles. The Hall–Kier alpha value is -3.55. The highest BCUT2D eigenvalue weighted by Gasteiger charge is 2.10. The predicted octanol–water partition coefficient (Wildman–Crippen LogP) is 4.07. The second-order valence-electron chi connectivity index (χ2n) is 5.99. The molecule has 2 aromatic rings. The maximum absolute atomic E-state index is 12.3. The van der Waals surface area contributed by atoms with E-state index in [0.29, 0.717) is 41.7 Å². The fourth-order valence-electron chi connectivity index (χ4n) is 2.24. The molecule has 3 N–H and O–H groups in total. The summed E-state index contributed by atoms with van der Waals surface area (Å²) in [5, 5.41) is 8.24. The van der Waals surface area contributed by atoms with Crippen molar-refractivity contribution in [3.8, 4) is 5.75 Å². The van der Waals surface area contributed by atoms with Gasteiger partial charge in [-0.3, -0.25) is 10.3 Å². The van der Waals surface area contributed by atoms with Gasteiger partial charge in [0.1, 0.15) is 18.2 Å². The van der Waals surface area contributed by atoms with E-state index in [1.165, 1.54) is 19.4 Å². The van der Waals surface area contributed by atoms with Gasteiger partial charge >= 0.3 is 12.1 Å². The lowest BCUT2D eigenvalue weighted by molar-refractivity contribution is 0.0983. The van der Waals surface area contributed by atoms with E-state index in [4.69, 9.17) is 32.4 Å². The maximum atomic E-state index is 12.3. The number of ether oxygens (including phenoxy) is 3. The summed E-state index contributed by atoms with van der Waals surface area (Å²) < 4.78 is 15.4. The summed E-state index contributed by atoms with van der Waals surface area (Å²) >= 11 is 6.03. The molecule has 0 saturated carbocycles. The van der Waals surface area contributed by atoms with Crippen LogP contribution in [0, 0.1) is 6.57 Å². The number of alkyl carbamates (subject to hydrolysis) is 1. The first kappa shape index (κ1) is 23.7. The number of rotatable bonds is 10. The number of methoxy groups -OCH3 is 1. The Balaban J connectivity index is 1.82. The van der Waals surface area contributed by atoms with Gasteiger partial charge in [0.2, 0.25) is 5.69 Å². The SMILES string of the molecule is [C-]#[N+]c1ccc(NC(=O)Nc2cc(Cl)ccc2OCCCNC(=O)OCCOC)nc1. The topological polar surface area (TPSA) is 115 Å². The molecule has 0 bridgehead atoms. The average molecular weight is 448 g/mol. The summed E-state index contributed by atoms with van der Waals surface area (Å²) in [6.45, 7) is 8.07.